The number of aromatic nitrogens is 1. The Morgan fingerprint density at radius 1 is 1.50 bits per heavy atom. The molecule has 0 aromatic carbocycles. The highest BCUT2D eigenvalue weighted by Crippen LogP contribution is 2.25. The molecular weight excluding hydrogens is 274 g/mol. The summed E-state index contributed by atoms with van der Waals surface area (Å²) in [5.74, 6) is 1.03. The van der Waals surface area contributed by atoms with E-state index in [0.717, 1.165) is 49.1 Å². The Kier molecular flexibility index (Phi) is 4.44. The van der Waals surface area contributed by atoms with E-state index in [9.17, 15) is 0 Å². The molecule has 0 bridgehead atoms. The number of hydrogen-bond donors (Lipinski definition) is 1. The first-order valence-corrected chi connectivity index (χ1v) is 7.88. The number of ether oxygens (including phenoxy) is 1. The van der Waals surface area contributed by atoms with Crippen LogP contribution in [-0.4, -0.2) is 36.8 Å². The number of halogens is 1. The molecule has 1 unspecified atom stereocenters. The predicted octanol–water partition coefficient (Wildman–Crippen LogP) is 2.60. The van der Waals surface area contributed by atoms with Gasteiger partial charge in [0.1, 0.15) is 5.82 Å². The van der Waals surface area contributed by atoms with Gasteiger partial charge in [-0.05, 0) is 30.9 Å². The summed E-state index contributed by atoms with van der Waals surface area (Å²) >= 11 is 6.26. The third-order valence-corrected chi connectivity index (χ3v) is 4.41. The lowest BCUT2D eigenvalue weighted by atomic mass is 10.1. The fourth-order valence-corrected chi connectivity index (χ4v) is 2.77. The van der Waals surface area contributed by atoms with Crippen molar-refractivity contribution in [1.29, 1.82) is 0 Å². The third kappa shape index (κ3) is 3.25. The second kappa shape index (κ2) is 6.29. The number of anilines is 1. The van der Waals surface area contributed by atoms with Crippen molar-refractivity contribution in [3.8, 4) is 0 Å². The first kappa shape index (κ1) is 14.1. The molecule has 1 atom stereocenters. The van der Waals surface area contributed by atoms with Gasteiger partial charge < -0.3 is 15.0 Å². The largest absolute Gasteiger partial charge is 0.377 e. The van der Waals surface area contributed by atoms with Crippen molar-refractivity contribution in [2.75, 3.05) is 24.7 Å². The molecule has 1 aliphatic carbocycles. The minimum atomic E-state index is 0.418. The molecule has 1 N–H and O–H groups in total. The highest BCUT2D eigenvalue weighted by molar-refractivity contribution is 6.31. The predicted molar refractivity (Wildman–Crippen MR) is 81.4 cm³/mol. The molecule has 0 amide bonds. The van der Waals surface area contributed by atoms with Crippen LogP contribution in [0.3, 0.4) is 0 Å². The van der Waals surface area contributed by atoms with Crippen LogP contribution in [0.4, 0.5) is 5.82 Å². The Balaban J connectivity index is 1.75. The number of morpholine rings is 1. The van der Waals surface area contributed by atoms with Gasteiger partial charge in [0, 0.05) is 25.3 Å². The highest BCUT2D eigenvalue weighted by Gasteiger charge is 2.24. The van der Waals surface area contributed by atoms with Gasteiger partial charge in [0.15, 0.2) is 0 Å². The molecule has 110 valence electrons. The van der Waals surface area contributed by atoms with Crippen LogP contribution in [0.5, 0.6) is 0 Å². The molecule has 0 spiro atoms. The van der Waals surface area contributed by atoms with Gasteiger partial charge in [-0.2, -0.15) is 0 Å². The molecule has 5 heteroatoms. The molecule has 4 nitrogen and oxygen atoms in total. The molecule has 3 rings (SSSR count). The minimum Gasteiger partial charge on any atom is -0.377 e. The molecular formula is C15H22ClN3O. The maximum Gasteiger partial charge on any atom is 0.129 e. The zero-order chi connectivity index (χ0) is 13.9. The van der Waals surface area contributed by atoms with Crippen molar-refractivity contribution in [1.82, 2.24) is 10.3 Å². The van der Waals surface area contributed by atoms with E-state index >= 15 is 0 Å². The average Bonchev–Trinajstić information content (AvgIpc) is 3.30. The van der Waals surface area contributed by atoms with E-state index in [1.54, 1.807) is 6.20 Å². The van der Waals surface area contributed by atoms with Crippen LogP contribution >= 0.6 is 11.6 Å². The summed E-state index contributed by atoms with van der Waals surface area (Å²) in [6.07, 6.45) is 5.43. The van der Waals surface area contributed by atoms with Crippen LogP contribution in [0.25, 0.3) is 0 Å². The van der Waals surface area contributed by atoms with Gasteiger partial charge in [0.25, 0.3) is 0 Å². The number of rotatable bonds is 5. The maximum absolute atomic E-state index is 6.26. The maximum atomic E-state index is 6.26. The SMILES string of the molecule is CCC1COCCN1c1cc(CNC2CC2)c(Cl)cn1. The Labute approximate surface area is 125 Å². The third-order valence-electron chi connectivity index (χ3n) is 4.07. The average molecular weight is 296 g/mol. The summed E-state index contributed by atoms with van der Waals surface area (Å²) in [5, 5.41) is 4.27. The normalized spacial score (nSPS) is 23.1. The molecule has 1 aromatic heterocycles. The van der Waals surface area contributed by atoms with Crippen molar-refractivity contribution < 1.29 is 4.74 Å². The van der Waals surface area contributed by atoms with Gasteiger partial charge in [0.2, 0.25) is 0 Å². The van der Waals surface area contributed by atoms with Crippen molar-refractivity contribution in [2.45, 2.75) is 44.8 Å². The number of pyridine rings is 1. The van der Waals surface area contributed by atoms with Crippen LogP contribution < -0.4 is 10.2 Å². The van der Waals surface area contributed by atoms with Crippen LogP contribution in [0, 0.1) is 0 Å². The van der Waals surface area contributed by atoms with E-state index in [1.807, 2.05) is 0 Å². The van der Waals surface area contributed by atoms with Gasteiger partial charge in [-0.1, -0.05) is 18.5 Å². The monoisotopic (exact) mass is 295 g/mol. The van der Waals surface area contributed by atoms with E-state index in [0.29, 0.717) is 12.1 Å². The van der Waals surface area contributed by atoms with E-state index in [1.165, 1.54) is 12.8 Å². The summed E-state index contributed by atoms with van der Waals surface area (Å²) in [6, 6.07) is 3.24. The smallest absolute Gasteiger partial charge is 0.129 e. The standard InChI is InChI=1S/C15H22ClN3O/c1-2-13-10-20-6-5-19(13)15-7-11(14(16)9-18-15)8-17-12-3-4-12/h7,9,12-13,17H,2-6,8,10H2,1H3. The van der Waals surface area contributed by atoms with Crippen molar-refractivity contribution in [2.24, 2.45) is 0 Å². The zero-order valence-corrected chi connectivity index (χ0v) is 12.7. The summed E-state index contributed by atoms with van der Waals surface area (Å²) in [6.45, 7) is 5.49. The summed E-state index contributed by atoms with van der Waals surface area (Å²) in [5.41, 5.74) is 1.14. The van der Waals surface area contributed by atoms with E-state index in [-0.39, 0.29) is 0 Å². The first-order chi connectivity index (χ1) is 9.78. The fraction of sp³-hybridized carbons (Fsp3) is 0.667. The number of nitrogens with one attached hydrogen (secondary N) is 1. The highest BCUT2D eigenvalue weighted by atomic mass is 35.5. The van der Waals surface area contributed by atoms with Crippen LogP contribution in [0.2, 0.25) is 5.02 Å². The van der Waals surface area contributed by atoms with Gasteiger partial charge in [0.05, 0.1) is 24.3 Å². The first-order valence-electron chi connectivity index (χ1n) is 7.50. The fourth-order valence-electron chi connectivity index (χ4n) is 2.60. The number of nitrogens with zero attached hydrogens (tertiary/aromatic N) is 2. The topological polar surface area (TPSA) is 37.4 Å². The lowest BCUT2D eigenvalue weighted by molar-refractivity contribution is 0.0925. The molecule has 1 saturated heterocycles. The van der Waals surface area contributed by atoms with Crippen LogP contribution in [-0.2, 0) is 11.3 Å². The van der Waals surface area contributed by atoms with Gasteiger partial charge in [-0.15, -0.1) is 0 Å². The summed E-state index contributed by atoms with van der Waals surface area (Å²) in [4.78, 5) is 6.86. The van der Waals surface area contributed by atoms with Crippen molar-refractivity contribution in [3.05, 3.63) is 22.8 Å². The Hall–Kier alpha value is -0.840. The van der Waals surface area contributed by atoms with Crippen LogP contribution in [0.1, 0.15) is 31.7 Å². The van der Waals surface area contributed by atoms with Gasteiger partial charge in [-0.25, -0.2) is 4.98 Å². The van der Waals surface area contributed by atoms with Crippen molar-refractivity contribution in [3.63, 3.8) is 0 Å². The molecule has 1 saturated carbocycles. The Bertz CT molecular complexity index is 464. The quantitative estimate of drug-likeness (QED) is 0.906. The van der Waals surface area contributed by atoms with E-state index < -0.39 is 0 Å². The molecule has 20 heavy (non-hydrogen) atoms. The van der Waals surface area contributed by atoms with Crippen LogP contribution in [0.15, 0.2) is 12.3 Å². The number of hydrogen-bond acceptors (Lipinski definition) is 4. The summed E-state index contributed by atoms with van der Waals surface area (Å²) in [7, 11) is 0. The molecule has 2 heterocycles. The van der Waals surface area contributed by atoms with Gasteiger partial charge >= 0.3 is 0 Å². The molecule has 2 fully saturated rings. The molecule has 1 aliphatic heterocycles. The second-order valence-electron chi connectivity index (χ2n) is 5.62. The zero-order valence-electron chi connectivity index (χ0n) is 11.9. The van der Waals surface area contributed by atoms with Crippen molar-refractivity contribution >= 4 is 17.4 Å². The molecule has 1 aromatic rings. The summed E-state index contributed by atoms with van der Waals surface area (Å²) < 4.78 is 5.56. The second-order valence-corrected chi connectivity index (χ2v) is 6.03. The lowest BCUT2D eigenvalue weighted by Gasteiger charge is -2.36. The van der Waals surface area contributed by atoms with Gasteiger partial charge in [-0.3, -0.25) is 0 Å². The lowest BCUT2D eigenvalue weighted by Crippen LogP contribution is -2.45. The molecule has 2 aliphatic rings. The Morgan fingerprint density at radius 2 is 2.35 bits per heavy atom. The van der Waals surface area contributed by atoms with E-state index in [4.69, 9.17) is 16.3 Å². The minimum absolute atomic E-state index is 0.418. The van der Waals surface area contributed by atoms with E-state index in [2.05, 4.69) is 28.2 Å². The Morgan fingerprint density at radius 3 is 3.10 bits per heavy atom. The molecule has 0 radical (unpaired) electrons.